The summed E-state index contributed by atoms with van der Waals surface area (Å²) in [5.74, 6) is -0.196. The Morgan fingerprint density at radius 3 is 2.69 bits per heavy atom. The first-order valence-electron chi connectivity index (χ1n) is 7.62. The fourth-order valence-electron chi connectivity index (χ4n) is 2.12. The number of amides is 1. The lowest BCUT2D eigenvalue weighted by molar-refractivity contribution is -0.141. The highest BCUT2D eigenvalue weighted by molar-refractivity contribution is 6.32. The van der Waals surface area contributed by atoms with Gasteiger partial charge in [-0.1, -0.05) is 16.8 Å². The molecule has 0 bridgehead atoms. The predicted octanol–water partition coefficient (Wildman–Crippen LogP) is 1.93. The number of benzene rings is 1. The van der Waals surface area contributed by atoms with Crippen molar-refractivity contribution in [3.63, 3.8) is 0 Å². The number of carboxylic acid groups (broad SMARTS) is 1. The number of hydrogen-bond acceptors (Lipinski definition) is 7. The molecule has 1 atom stereocenters. The summed E-state index contributed by atoms with van der Waals surface area (Å²) in [5.41, 5.74) is 0.562. The molecule has 2 rings (SSSR count). The summed E-state index contributed by atoms with van der Waals surface area (Å²) in [7, 11) is 2.96. The monoisotopic (exact) mass is 383 g/mol. The van der Waals surface area contributed by atoms with Gasteiger partial charge in [-0.3, -0.25) is 9.59 Å². The first kappa shape index (κ1) is 19.5. The van der Waals surface area contributed by atoms with Gasteiger partial charge in [0.1, 0.15) is 6.04 Å². The zero-order chi connectivity index (χ0) is 19.3. The average Bonchev–Trinajstić information content (AvgIpc) is 3.08. The lowest BCUT2D eigenvalue weighted by Crippen LogP contribution is -2.38. The van der Waals surface area contributed by atoms with Gasteiger partial charge in [-0.15, -0.1) is 0 Å². The normalized spacial score (nSPS) is 11.7. The van der Waals surface area contributed by atoms with Gasteiger partial charge in [-0.25, -0.2) is 0 Å². The Hall–Kier alpha value is -2.81. The lowest BCUT2D eigenvalue weighted by atomic mass is 10.2. The maximum atomic E-state index is 11.7. The summed E-state index contributed by atoms with van der Waals surface area (Å²) >= 11 is 6.15. The van der Waals surface area contributed by atoms with Crippen LogP contribution in [-0.2, 0) is 16.0 Å². The maximum absolute atomic E-state index is 11.7. The molecule has 0 saturated carbocycles. The molecule has 1 heterocycles. The molecule has 10 heteroatoms. The van der Waals surface area contributed by atoms with Crippen LogP contribution in [0.4, 0.5) is 0 Å². The number of halogens is 1. The molecule has 0 fully saturated rings. The zero-order valence-corrected chi connectivity index (χ0v) is 15.2. The molecule has 140 valence electrons. The van der Waals surface area contributed by atoms with Crippen molar-refractivity contribution in [1.82, 2.24) is 15.5 Å². The van der Waals surface area contributed by atoms with Crippen LogP contribution < -0.4 is 14.8 Å². The molecule has 0 aliphatic carbocycles. The van der Waals surface area contributed by atoms with E-state index >= 15 is 0 Å². The molecule has 0 aliphatic heterocycles. The average molecular weight is 384 g/mol. The first-order chi connectivity index (χ1) is 12.3. The van der Waals surface area contributed by atoms with Crippen LogP contribution in [0.3, 0.4) is 0 Å². The molecule has 2 N–H and O–H groups in total. The Balaban J connectivity index is 2.07. The highest BCUT2D eigenvalue weighted by atomic mass is 35.5. The number of nitrogens with one attached hydrogen (secondary N) is 1. The highest BCUT2D eigenvalue weighted by Crippen LogP contribution is 2.38. The van der Waals surface area contributed by atoms with Crippen LogP contribution in [0.1, 0.15) is 19.2 Å². The van der Waals surface area contributed by atoms with E-state index in [2.05, 4.69) is 15.5 Å². The van der Waals surface area contributed by atoms with Crippen molar-refractivity contribution in [2.45, 2.75) is 25.8 Å². The van der Waals surface area contributed by atoms with Crippen LogP contribution in [0.5, 0.6) is 11.5 Å². The molecule has 9 nitrogen and oxygen atoms in total. The van der Waals surface area contributed by atoms with E-state index in [1.807, 2.05) is 0 Å². The molecule has 1 aromatic carbocycles. The number of aryl methyl sites for hydroxylation is 1. The lowest BCUT2D eigenvalue weighted by Gasteiger charge is -2.10. The minimum absolute atomic E-state index is 0.0198. The van der Waals surface area contributed by atoms with E-state index in [-0.39, 0.29) is 24.6 Å². The third-order valence-electron chi connectivity index (χ3n) is 3.47. The van der Waals surface area contributed by atoms with Crippen molar-refractivity contribution >= 4 is 23.5 Å². The fraction of sp³-hybridized carbons (Fsp3) is 0.375. The van der Waals surface area contributed by atoms with Crippen molar-refractivity contribution in [1.29, 1.82) is 0 Å². The van der Waals surface area contributed by atoms with Crippen molar-refractivity contribution in [2.75, 3.05) is 14.2 Å². The van der Waals surface area contributed by atoms with Crippen LogP contribution in [0, 0.1) is 0 Å². The standard InChI is InChI=1S/C16H18ClN3O6/c1-8(16(22)23)18-12(21)4-5-13-19-15(20-26-13)9-6-10(17)14(25-3)11(7-9)24-2/h6-8H,4-5H2,1-3H3,(H,18,21)(H,22,23)/t8-/m0/s1. The van der Waals surface area contributed by atoms with Crippen LogP contribution in [0.25, 0.3) is 11.4 Å². The summed E-state index contributed by atoms with van der Waals surface area (Å²) in [4.78, 5) is 26.6. The summed E-state index contributed by atoms with van der Waals surface area (Å²) in [6.07, 6.45) is 0.193. The van der Waals surface area contributed by atoms with Gasteiger partial charge in [-0.2, -0.15) is 4.98 Å². The van der Waals surface area contributed by atoms with Gasteiger partial charge in [0, 0.05) is 18.4 Å². The Labute approximate surface area is 154 Å². The molecule has 1 aromatic heterocycles. The molecule has 0 saturated heterocycles. The molecule has 0 spiro atoms. The number of carbonyl (C=O) groups is 2. The van der Waals surface area contributed by atoms with Crippen LogP contribution in [-0.4, -0.2) is 47.4 Å². The Morgan fingerprint density at radius 2 is 2.08 bits per heavy atom. The van der Waals surface area contributed by atoms with Gasteiger partial charge in [0.05, 0.1) is 19.2 Å². The minimum Gasteiger partial charge on any atom is -0.493 e. The summed E-state index contributed by atoms with van der Waals surface area (Å²) in [6.45, 7) is 1.38. The second kappa shape index (κ2) is 8.52. The van der Waals surface area contributed by atoms with E-state index in [9.17, 15) is 9.59 Å². The first-order valence-corrected chi connectivity index (χ1v) is 8.00. The number of methoxy groups -OCH3 is 2. The fourth-order valence-corrected chi connectivity index (χ4v) is 2.40. The van der Waals surface area contributed by atoms with E-state index in [1.165, 1.54) is 21.1 Å². The number of hydrogen-bond donors (Lipinski definition) is 2. The quantitative estimate of drug-likeness (QED) is 0.708. The van der Waals surface area contributed by atoms with Crippen molar-refractivity contribution < 1.29 is 28.7 Å². The number of carboxylic acids is 1. The maximum Gasteiger partial charge on any atom is 0.325 e. The molecular formula is C16H18ClN3O6. The number of carbonyl (C=O) groups excluding carboxylic acids is 1. The van der Waals surface area contributed by atoms with Gasteiger partial charge in [0.15, 0.2) is 11.5 Å². The van der Waals surface area contributed by atoms with E-state index in [4.69, 9.17) is 30.7 Å². The van der Waals surface area contributed by atoms with Gasteiger partial charge in [-0.05, 0) is 19.1 Å². The number of aliphatic carboxylic acids is 1. The topological polar surface area (TPSA) is 124 Å². The molecular weight excluding hydrogens is 366 g/mol. The number of nitrogens with zero attached hydrogens (tertiary/aromatic N) is 2. The SMILES string of the molecule is COc1cc(-c2noc(CCC(=O)N[C@@H](C)C(=O)O)n2)cc(Cl)c1OC. The van der Waals surface area contributed by atoms with Gasteiger partial charge < -0.3 is 24.4 Å². The predicted molar refractivity (Wildman–Crippen MR) is 91.4 cm³/mol. The number of rotatable bonds is 8. The zero-order valence-electron chi connectivity index (χ0n) is 14.4. The smallest absolute Gasteiger partial charge is 0.325 e. The Bertz CT molecular complexity index is 807. The largest absolute Gasteiger partial charge is 0.493 e. The van der Waals surface area contributed by atoms with E-state index in [1.54, 1.807) is 12.1 Å². The molecule has 0 aliphatic rings. The van der Waals surface area contributed by atoms with Crippen LogP contribution in [0.2, 0.25) is 5.02 Å². The van der Waals surface area contributed by atoms with Crippen molar-refractivity contribution in [3.8, 4) is 22.9 Å². The molecule has 0 radical (unpaired) electrons. The highest BCUT2D eigenvalue weighted by Gasteiger charge is 2.17. The second-order valence-corrected chi connectivity index (χ2v) is 5.74. The third kappa shape index (κ3) is 4.63. The second-order valence-electron chi connectivity index (χ2n) is 5.33. The van der Waals surface area contributed by atoms with Crippen LogP contribution >= 0.6 is 11.6 Å². The number of ether oxygens (including phenoxy) is 2. The van der Waals surface area contributed by atoms with Crippen molar-refractivity contribution in [2.24, 2.45) is 0 Å². The van der Waals surface area contributed by atoms with E-state index < -0.39 is 17.9 Å². The van der Waals surface area contributed by atoms with Gasteiger partial charge in [0.25, 0.3) is 0 Å². The molecule has 26 heavy (non-hydrogen) atoms. The molecule has 1 amide bonds. The molecule has 0 unspecified atom stereocenters. The van der Waals surface area contributed by atoms with E-state index in [0.717, 1.165) is 0 Å². The third-order valence-corrected chi connectivity index (χ3v) is 3.75. The Kier molecular flexibility index (Phi) is 6.40. The Morgan fingerprint density at radius 1 is 1.35 bits per heavy atom. The van der Waals surface area contributed by atoms with Crippen molar-refractivity contribution in [3.05, 3.63) is 23.0 Å². The van der Waals surface area contributed by atoms with Gasteiger partial charge in [0.2, 0.25) is 17.6 Å². The summed E-state index contributed by atoms with van der Waals surface area (Å²) < 4.78 is 15.5. The number of aromatic nitrogens is 2. The van der Waals surface area contributed by atoms with E-state index in [0.29, 0.717) is 22.1 Å². The summed E-state index contributed by atoms with van der Waals surface area (Å²) in [5, 5.41) is 15.3. The molecule has 2 aromatic rings. The van der Waals surface area contributed by atoms with Gasteiger partial charge >= 0.3 is 5.97 Å². The van der Waals surface area contributed by atoms with Crippen LogP contribution in [0.15, 0.2) is 16.7 Å². The summed E-state index contributed by atoms with van der Waals surface area (Å²) in [6, 6.07) is 2.30. The minimum atomic E-state index is -1.11.